The van der Waals surface area contributed by atoms with Gasteiger partial charge in [0, 0.05) is 21.2 Å². The normalized spacial score (nSPS) is 47.3. The van der Waals surface area contributed by atoms with E-state index in [2.05, 4.69) is 34.9 Å². The number of nitrogens with zero attached hydrogens (tertiary/aromatic N) is 2. The summed E-state index contributed by atoms with van der Waals surface area (Å²) in [6, 6.07) is 7.93. The highest BCUT2D eigenvalue weighted by Gasteiger charge is 2.82. The lowest BCUT2D eigenvalue weighted by Gasteiger charge is -2.64. The Balaban J connectivity index is 1.19. The molecule has 2 aromatic rings. The van der Waals surface area contributed by atoms with Gasteiger partial charge in [-0.2, -0.15) is 5.10 Å². The molecule has 2 aliphatic heterocycles. The van der Waals surface area contributed by atoms with Gasteiger partial charge in [0.1, 0.15) is 24.0 Å². The average Bonchev–Trinajstić information content (AvgIpc) is 3.72. The minimum atomic E-state index is -2.03. The van der Waals surface area contributed by atoms with Crippen molar-refractivity contribution >= 4 is 22.0 Å². The summed E-state index contributed by atoms with van der Waals surface area (Å²) in [5.41, 5.74) is -1.73. The van der Waals surface area contributed by atoms with E-state index in [1.165, 1.54) is 0 Å². The van der Waals surface area contributed by atoms with Crippen LogP contribution in [-0.2, 0) is 31.9 Å². The van der Waals surface area contributed by atoms with Crippen LogP contribution in [0.1, 0.15) is 56.9 Å². The van der Waals surface area contributed by atoms with Gasteiger partial charge in [-0.15, -0.1) is 0 Å². The first-order valence-corrected chi connectivity index (χ1v) is 15.8. The molecule has 4 aliphatic carbocycles. The second-order valence-corrected chi connectivity index (χ2v) is 14.7. The molecular weight excluding hydrogens is 610 g/mol. The summed E-state index contributed by atoms with van der Waals surface area (Å²) in [7, 11) is 0. The molecule has 3 heterocycles. The number of halogens is 3. The molecule has 5 fully saturated rings. The summed E-state index contributed by atoms with van der Waals surface area (Å²) in [4.78, 5) is 0. The first-order valence-electron chi connectivity index (χ1n) is 15.0. The molecule has 1 aromatic heterocycles. The molecule has 0 bridgehead atoms. The van der Waals surface area contributed by atoms with Crippen LogP contribution >= 0.6 is 15.9 Å². The van der Waals surface area contributed by atoms with Gasteiger partial charge in [0.15, 0.2) is 13.6 Å². The molecule has 2 saturated heterocycles. The van der Waals surface area contributed by atoms with Gasteiger partial charge < -0.3 is 24.1 Å². The fourth-order valence-corrected chi connectivity index (χ4v) is 11.0. The fraction of sp³-hybridized carbons (Fsp3) is 0.656. The number of fused-ring (bicyclic) bond motifs is 8. The molecule has 1 aromatic carbocycles. The number of allylic oxidation sites excluding steroid dienone is 1. The van der Waals surface area contributed by atoms with E-state index in [4.69, 9.17) is 18.9 Å². The Bertz CT molecular complexity index is 1470. The topological polar surface area (TPSA) is 75.0 Å². The van der Waals surface area contributed by atoms with Crippen LogP contribution in [0.5, 0.6) is 0 Å². The molecule has 7 nitrogen and oxygen atoms in total. The summed E-state index contributed by atoms with van der Waals surface area (Å²) in [6.45, 7) is 6.82. The smallest absolute Gasteiger partial charge is 0.227 e. The lowest BCUT2D eigenvalue weighted by Crippen LogP contribution is -2.73. The maximum Gasteiger partial charge on any atom is 0.227 e. The quantitative estimate of drug-likeness (QED) is 0.460. The number of hydrogen-bond acceptors (Lipinski definition) is 6. The molecular formula is C32H37BrF2N2O5. The lowest BCUT2D eigenvalue weighted by molar-refractivity contribution is -0.281. The van der Waals surface area contributed by atoms with Gasteiger partial charge in [0.25, 0.3) is 0 Å². The van der Waals surface area contributed by atoms with Crippen LogP contribution < -0.4 is 0 Å². The van der Waals surface area contributed by atoms with Gasteiger partial charge in [-0.1, -0.05) is 54.9 Å². The Morgan fingerprint density at radius 1 is 1.12 bits per heavy atom. The Kier molecular flexibility index (Phi) is 5.93. The van der Waals surface area contributed by atoms with Crippen molar-refractivity contribution in [3.8, 4) is 0 Å². The number of benzene rings is 1. The molecule has 6 aliphatic rings. The molecule has 10 atom stereocenters. The van der Waals surface area contributed by atoms with E-state index in [-0.39, 0.29) is 51.3 Å². The van der Waals surface area contributed by atoms with E-state index in [9.17, 15) is 5.11 Å². The van der Waals surface area contributed by atoms with Crippen LogP contribution in [0.4, 0.5) is 8.78 Å². The Morgan fingerprint density at radius 2 is 1.90 bits per heavy atom. The van der Waals surface area contributed by atoms with E-state index in [0.717, 1.165) is 21.3 Å². The third-order valence-electron chi connectivity index (χ3n) is 12.3. The maximum absolute atomic E-state index is 18.2. The molecule has 1 unspecified atom stereocenters. The minimum absolute atomic E-state index is 0.0109. The highest BCUT2D eigenvalue weighted by Crippen LogP contribution is 2.74. The first kappa shape index (κ1) is 27.8. The van der Waals surface area contributed by atoms with Crippen LogP contribution in [0, 0.1) is 28.6 Å². The zero-order valence-electron chi connectivity index (χ0n) is 24.1. The van der Waals surface area contributed by atoms with E-state index in [1.807, 2.05) is 41.9 Å². The van der Waals surface area contributed by atoms with Crippen LogP contribution in [-0.4, -0.2) is 64.4 Å². The van der Waals surface area contributed by atoms with Gasteiger partial charge >= 0.3 is 0 Å². The molecule has 0 radical (unpaired) electrons. The number of aliphatic hydroxyl groups is 1. The predicted molar refractivity (Wildman–Crippen MR) is 153 cm³/mol. The van der Waals surface area contributed by atoms with Crippen molar-refractivity contribution in [1.82, 2.24) is 9.78 Å². The maximum atomic E-state index is 18.2. The standard InChI is InChI=1S/C32H37BrF2N2O5/c1-18-8-21-22-9-25(34)23-10-26-20(13-36-37(26)14-19-6-4-5-7-24(19)33)11-28(23,2)31(22,35)27(38)12-29(21,3)32(18)30(41-17-42-32)15-39-16-40-30/h4-7,10,13,18,21-22,25,27,38H,8-9,11-12,14-17H2,1-3H3/t18-,21-,22-,25-,27-,28-,29-,30?,31-,32+/m0/s1. The molecule has 10 heteroatoms. The van der Waals surface area contributed by atoms with Crippen molar-refractivity contribution < 1.29 is 32.8 Å². The number of rotatable bonds is 2. The number of aliphatic hydroxyl groups excluding tert-OH is 1. The monoisotopic (exact) mass is 646 g/mol. The summed E-state index contributed by atoms with van der Waals surface area (Å²) < 4.78 is 61.8. The second kappa shape index (κ2) is 8.95. The number of alkyl halides is 2. The lowest BCUT2D eigenvalue weighted by atomic mass is 9.43. The Hall–Kier alpha value is -1.69. The molecule has 1 N–H and O–H groups in total. The van der Waals surface area contributed by atoms with E-state index in [1.54, 1.807) is 6.20 Å². The van der Waals surface area contributed by atoms with Crippen LogP contribution in [0.3, 0.4) is 0 Å². The molecule has 2 spiro atoms. The third-order valence-corrected chi connectivity index (χ3v) is 13.0. The predicted octanol–water partition coefficient (Wildman–Crippen LogP) is 5.58. The molecule has 3 saturated carbocycles. The van der Waals surface area contributed by atoms with Gasteiger partial charge in [-0.25, -0.2) is 8.78 Å². The van der Waals surface area contributed by atoms with E-state index >= 15 is 8.78 Å². The average molecular weight is 648 g/mol. The van der Waals surface area contributed by atoms with Gasteiger partial charge in [0.05, 0.1) is 24.5 Å². The highest BCUT2D eigenvalue weighted by atomic mass is 79.9. The van der Waals surface area contributed by atoms with Crippen molar-refractivity contribution in [1.29, 1.82) is 0 Å². The van der Waals surface area contributed by atoms with Gasteiger partial charge in [-0.05, 0) is 66.4 Å². The number of ether oxygens (including phenoxy) is 4. The van der Waals surface area contributed by atoms with Crippen molar-refractivity contribution in [2.24, 2.45) is 28.6 Å². The van der Waals surface area contributed by atoms with Crippen LogP contribution in [0.2, 0.25) is 0 Å². The van der Waals surface area contributed by atoms with E-state index in [0.29, 0.717) is 18.5 Å². The summed E-state index contributed by atoms with van der Waals surface area (Å²) in [5.74, 6) is -2.12. The van der Waals surface area contributed by atoms with Crippen LogP contribution in [0.15, 0.2) is 40.5 Å². The molecule has 226 valence electrons. The Labute approximate surface area is 252 Å². The summed E-state index contributed by atoms with van der Waals surface area (Å²) in [5, 5.41) is 16.6. The summed E-state index contributed by atoms with van der Waals surface area (Å²) >= 11 is 3.61. The van der Waals surface area contributed by atoms with Crippen molar-refractivity contribution in [3.63, 3.8) is 0 Å². The minimum Gasteiger partial charge on any atom is -0.390 e. The van der Waals surface area contributed by atoms with Crippen molar-refractivity contribution in [2.45, 2.75) is 82.3 Å². The molecule has 42 heavy (non-hydrogen) atoms. The third kappa shape index (κ3) is 3.14. The van der Waals surface area contributed by atoms with Crippen molar-refractivity contribution in [2.75, 3.05) is 20.2 Å². The number of hydrogen-bond donors (Lipinski definition) is 1. The summed E-state index contributed by atoms with van der Waals surface area (Å²) in [6.07, 6.45) is 2.01. The fourth-order valence-electron chi connectivity index (χ4n) is 10.5. The zero-order chi connectivity index (χ0) is 29.3. The largest absolute Gasteiger partial charge is 0.390 e. The highest BCUT2D eigenvalue weighted by molar-refractivity contribution is 9.10. The van der Waals surface area contributed by atoms with Crippen molar-refractivity contribution in [3.05, 3.63) is 57.3 Å². The van der Waals surface area contributed by atoms with Gasteiger partial charge in [0.2, 0.25) is 5.79 Å². The van der Waals surface area contributed by atoms with Crippen LogP contribution in [0.25, 0.3) is 6.08 Å². The number of aromatic nitrogens is 2. The first-order chi connectivity index (χ1) is 20.0. The SMILES string of the molecule is C[C@H]1C[C@H]2[C@@H]3C[C@H](F)C4=Cc5c(cnn5Cc5ccccc5Br)C[C@]4(C)[C@@]3(F)[C@@H](O)C[C@]2(C)[C@]12OCOC21COCO1. The molecule has 0 amide bonds. The Morgan fingerprint density at radius 3 is 2.67 bits per heavy atom. The molecule has 8 rings (SSSR count). The zero-order valence-corrected chi connectivity index (χ0v) is 25.7. The second-order valence-electron chi connectivity index (χ2n) is 13.9. The van der Waals surface area contributed by atoms with Gasteiger partial charge in [-0.3, -0.25) is 4.68 Å². The van der Waals surface area contributed by atoms with E-state index < -0.39 is 46.1 Å².